The maximum Gasteiger partial charge on any atom is -0.0100 e. The molecule has 0 spiro atoms. The van der Waals surface area contributed by atoms with Gasteiger partial charge in [0.05, 0.1) is 0 Å². The average molecular weight is 371 g/mol. The van der Waals surface area contributed by atoms with E-state index < -0.39 is 0 Å². The van der Waals surface area contributed by atoms with Crippen LogP contribution in [0.15, 0.2) is 58.5 Å². The van der Waals surface area contributed by atoms with E-state index in [0.717, 1.165) is 0 Å². The van der Waals surface area contributed by atoms with Crippen LogP contribution in [-0.4, -0.2) is 12.8 Å². The Balaban J connectivity index is 2.56. The van der Waals surface area contributed by atoms with Crippen LogP contribution >= 0.6 is 7.92 Å². The summed E-state index contributed by atoms with van der Waals surface area (Å²) in [7, 11) is -0.0354. The molecule has 0 aliphatic heterocycles. The molecule has 0 heterocycles. The second-order valence-electron chi connectivity index (χ2n) is 9.35. The highest BCUT2D eigenvalue weighted by atomic mass is 31.1. The van der Waals surface area contributed by atoms with Crippen molar-refractivity contribution < 1.29 is 0 Å². The summed E-state index contributed by atoms with van der Waals surface area (Å²) in [5, 5.41) is 1.63. The molecule has 0 aromatic rings. The number of allylic oxidation sites excluding steroid dienone is 9. The van der Waals surface area contributed by atoms with Gasteiger partial charge in [-0.25, -0.2) is 0 Å². The molecular weight excluding hydrogens is 331 g/mol. The smallest absolute Gasteiger partial charge is 0.0100 e. The third-order valence-corrected chi connectivity index (χ3v) is 8.64. The second kappa shape index (κ2) is 8.43. The highest BCUT2D eigenvalue weighted by Gasteiger charge is 2.37. The van der Waals surface area contributed by atoms with Gasteiger partial charge in [0.15, 0.2) is 0 Å². The van der Waals surface area contributed by atoms with Crippen molar-refractivity contribution in [2.75, 3.05) is 12.8 Å². The van der Waals surface area contributed by atoms with E-state index in [2.05, 4.69) is 79.1 Å². The quantitative estimate of drug-likeness (QED) is 0.412. The van der Waals surface area contributed by atoms with Gasteiger partial charge in [-0.1, -0.05) is 79.8 Å². The third-order valence-electron chi connectivity index (χ3n) is 6.28. The van der Waals surface area contributed by atoms with Crippen molar-refractivity contribution in [3.63, 3.8) is 0 Å². The lowest BCUT2D eigenvalue weighted by Gasteiger charge is -2.42. The lowest BCUT2D eigenvalue weighted by Crippen LogP contribution is -2.29. The molecular formula is C25H39P. The van der Waals surface area contributed by atoms with E-state index >= 15 is 0 Å². The first-order valence-electron chi connectivity index (χ1n) is 10.3. The van der Waals surface area contributed by atoms with Crippen molar-refractivity contribution >= 4 is 7.92 Å². The molecule has 2 aliphatic carbocycles. The zero-order valence-corrected chi connectivity index (χ0v) is 19.1. The van der Waals surface area contributed by atoms with E-state index in [1.54, 1.807) is 10.9 Å². The molecule has 2 rings (SSSR count). The standard InChI is InChI=1S/C25H39P/c1-9-17-26(8)23-14-12-11-13-20(23)19(3)18-22-21(10-2)24(4,5)15-16-25(22,6)7/h10,12,14,18H,2,9,11,13,15-17H2,1,3-8H3/b19-18+. The molecule has 0 nitrogen and oxygen atoms in total. The fraction of sp³-hybridized carbons (Fsp3) is 0.600. The van der Waals surface area contributed by atoms with Gasteiger partial charge in [-0.2, -0.15) is 0 Å². The number of hydrogen-bond donors (Lipinski definition) is 0. The molecule has 0 saturated carbocycles. The van der Waals surface area contributed by atoms with Crippen LogP contribution < -0.4 is 0 Å². The Morgan fingerprint density at radius 1 is 1.15 bits per heavy atom. The van der Waals surface area contributed by atoms with Crippen molar-refractivity contribution in [1.29, 1.82) is 0 Å². The van der Waals surface area contributed by atoms with E-state index in [9.17, 15) is 0 Å². The predicted octanol–water partition coefficient (Wildman–Crippen LogP) is 8.39. The predicted molar refractivity (Wildman–Crippen MR) is 121 cm³/mol. The van der Waals surface area contributed by atoms with Crippen molar-refractivity contribution in [1.82, 2.24) is 0 Å². The van der Waals surface area contributed by atoms with Crippen LogP contribution in [0.25, 0.3) is 0 Å². The fourth-order valence-corrected chi connectivity index (χ4v) is 6.47. The summed E-state index contributed by atoms with van der Waals surface area (Å²) in [6.07, 6.45) is 16.9. The van der Waals surface area contributed by atoms with Crippen LogP contribution in [0.4, 0.5) is 0 Å². The van der Waals surface area contributed by atoms with E-state index in [1.165, 1.54) is 55.0 Å². The van der Waals surface area contributed by atoms with Crippen LogP contribution in [0.1, 0.15) is 73.6 Å². The summed E-state index contributed by atoms with van der Waals surface area (Å²) in [4.78, 5) is 0. The Labute approximate surface area is 164 Å². The van der Waals surface area contributed by atoms with E-state index in [-0.39, 0.29) is 18.8 Å². The van der Waals surface area contributed by atoms with Crippen molar-refractivity contribution in [2.24, 2.45) is 10.8 Å². The lowest BCUT2D eigenvalue weighted by atomic mass is 9.62. The van der Waals surface area contributed by atoms with Crippen LogP contribution in [-0.2, 0) is 0 Å². The first kappa shape index (κ1) is 21.4. The Kier molecular flexibility index (Phi) is 6.95. The van der Waals surface area contributed by atoms with Crippen LogP contribution in [0.3, 0.4) is 0 Å². The van der Waals surface area contributed by atoms with Gasteiger partial charge in [0.2, 0.25) is 0 Å². The topological polar surface area (TPSA) is 0 Å². The van der Waals surface area contributed by atoms with Gasteiger partial charge in [-0.05, 0) is 83.9 Å². The first-order valence-corrected chi connectivity index (χ1v) is 12.3. The first-order chi connectivity index (χ1) is 12.1. The molecule has 1 unspecified atom stereocenters. The lowest BCUT2D eigenvalue weighted by molar-refractivity contribution is 0.273. The van der Waals surface area contributed by atoms with Gasteiger partial charge in [-0.3, -0.25) is 0 Å². The molecule has 144 valence electrons. The van der Waals surface area contributed by atoms with Crippen LogP contribution in [0.5, 0.6) is 0 Å². The molecule has 0 N–H and O–H groups in total. The Hall–Kier alpha value is -0.870. The largest absolute Gasteiger partial charge is 0.0988 e. The van der Waals surface area contributed by atoms with Gasteiger partial charge in [0, 0.05) is 0 Å². The van der Waals surface area contributed by atoms with E-state index in [4.69, 9.17) is 0 Å². The molecule has 1 atom stereocenters. The van der Waals surface area contributed by atoms with Gasteiger partial charge in [-0.15, -0.1) is 0 Å². The summed E-state index contributed by atoms with van der Waals surface area (Å²) >= 11 is 0. The molecule has 0 fully saturated rings. The minimum atomic E-state index is -0.0354. The van der Waals surface area contributed by atoms with Gasteiger partial charge in [0.25, 0.3) is 0 Å². The van der Waals surface area contributed by atoms with Crippen LogP contribution in [0, 0.1) is 10.8 Å². The van der Waals surface area contributed by atoms with Crippen LogP contribution in [0.2, 0.25) is 0 Å². The summed E-state index contributed by atoms with van der Waals surface area (Å²) in [5.74, 6) is 0. The third kappa shape index (κ3) is 4.51. The molecule has 1 heteroatoms. The maximum absolute atomic E-state index is 4.18. The normalized spacial score (nSPS) is 24.0. The maximum atomic E-state index is 4.18. The SMILES string of the molecule is C=CC1=C(/C=C(\C)C2=C(P(C)CCC)C=CCC2)C(C)(C)CCC1(C)C. The van der Waals surface area contributed by atoms with Gasteiger partial charge < -0.3 is 0 Å². The molecule has 0 radical (unpaired) electrons. The van der Waals surface area contributed by atoms with Gasteiger partial charge >= 0.3 is 0 Å². The Bertz CT molecular complexity index is 664. The molecule has 0 aromatic heterocycles. The molecule has 0 aromatic carbocycles. The van der Waals surface area contributed by atoms with Crippen molar-refractivity contribution in [2.45, 2.75) is 73.6 Å². The van der Waals surface area contributed by atoms with Crippen molar-refractivity contribution in [3.05, 3.63) is 58.5 Å². The molecule has 26 heavy (non-hydrogen) atoms. The Morgan fingerprint density at radius 2 is 1.77 bits per heavy atom. The summed E-state index contributed by atoms with van der Waals surface area (Å²) in [5.41, 5.74) is 6.52. The molecule has 0 saturated heterocycles. The molecule has 2 aliphatic rings. The number of rotatable bonds is 6. The minimum Gasteiger partial charge on any atom is -0.0988 e. The number of hydrogen-bond acceptors (Lipinski definition) is 0. The minimum absolute atomic E-state index is 0.0354. The van der Waals surface area contributed by atoms with Crippen molar-refractivity contribution in [3.8, 4) is 0 Å². The van der Waals surface area contributed by atoms with E-state index in [1.807, 2.05) is 0 Å². The average Bonchev–Trinajstić information content (AvgIpc) is 2.59. The highest BCUT2D eigenvalue weighted by Crippen LogP contribution is 2.51. The molecule has 0 amide bonds. The monoisotopic (exact) mass is 370 g/mol. The van der Waals surface area contributed by atoms with Gasteiger partial charge in [0.1, 0.15) is 0 Å². The summed E-state index contributed by atoms with van der Waals surface area (Å²) in [6.45, 7) is 20.9. The van der Waals surface area contributed by atoms with E-state index in [0.29, 0.717) is 0 Å². The fourth-order valence-electron chi connectivity index (χ4n) is 4.45. The zero-order valence-electron chi connectivity index (χ0n) is 18.2. The second-order valence-corrected chi connectivity index (χ2v) is 11.7. The zero-order chi connectivity index (χ0) is 19.5. The summed E-state index contributed by atoms with van der Waals surface area (Å²) < 4.78 is 0. The summed E-state index contributed by atoms with van der Waals surface area (Å²) in [6, 6.07) is 0. The molecule has 0 bridgehead atoms. The highest BCUT2D eigenvalue weighted by molar-refractivity contribution is 7.61. The Morgan fingerprint density at radius 3 is 2.35 bits per heavy atom.